The number of rotatable bonds is 6. The van der Waals surface area contributed by atoms with E-state index < -0.39 is 17.7 Å². The molecule has 0 heterocycles. The summed E-state index contributed by atoms with van der Waals surface area (Å²) in [6.45, 7) is 2.14. The van der Waals surface area contributed by atoms with Crippen LogP contribution in [0.2, 0.25) is 0 Å². The van der Waals surface area contributed by atoms with Gasteiger partial charge in [-0.3, -0.25) is 0 Å². The molecule has 0 fully saturated rings. The Morgan fingerprint density at radius 1 is 0.958 bits per heavy atom. The maximum atomic E-state index is 12.5. The third-order valence-corrected chi connectivity index (χ3v) is 3.65. The number of carbonyl (C=O) groups excluding carboxylic acids is 1. The number of aryl methyl sites for hydroxylation is 1. The molecule has 5 heteroatoms. The van der Waals surface area contributed by atoms with Gasteiger partial charge in [0.2, 0.25) is 0 Å². The lowest BCUT2D eigenvalue weighted by Gasteiger charge is -2.08. The lowest BCUT2D eigenvalue weighted by Crippen LogP contribution is -2.09. The first-order valence-electron chi connectivity index (χ1n) is 7.88. The summed E-state index contributed by atoms with van der Waals surface area (Å²) >= 11 is 0. The molecule has 24 heavy (non-hydrogen) atoms. The van der Waals surface area contributed by atoms with Crippen LogP contribution in [0, 0.1) is 0 Å². The summed E-state index contributed by atoms with van der Waals surface area (Å²) in [6, 6.07) is 11.2. The summed E-state index contributed by atoms with van der Waals surface area (Å²) in [6.07, 6.45) is -0.0285. The molecule has 0 spiro atoms. The molecule has 0 radical (unpaired) electrons. The number of hydrogen-bond donors (Lipinski definition) is 0. The average molecular weight is 336 g/mol. The highest BCUT2D eigenvalue weighted by Crippen LogP contribution is 2.30. The van der Waals surface area contributed by atoms with E-state index in [9.17, 15) is 18.0 Å². The molecular formula is C19H19F3O2. The summed E-state index contributed by atoms with van der Waals surface area (Å²) in [4.78, 5) is 12.0. The Balaban J connectivity index is 1.96. The molecule has 2 aromatic carbocycles. The van der Waals surface area contributed by atoms with Gasteiger partial charge in [0.1, 0.15) is 5.75 Å². The molecular weight excluding hydrogens is 317 g/mol. The molecule has 0 saturated heterocycles. The van der Waals surface area contributed by atoms with E-state index in [0.717, 1.165) is 55.5 Å². The highest BCUT2D eigenvalue weighted by atomic mass is 19.4. The van der Waals surface area contributed by atoms with Crippen molar-refractivity contribution in [1.82, 2.24) is 0 Å². The van der Waals surface area contributed by atoms with Crippen LogP contribution in [-0.2, 0) is 12.6 Å². The molecule has 0 amide bonds. The van der Waals surface area contributed by atoms with Crippen molar-refractivity contribution in [3.05, 3.63) is 65.2 Å². The Hall–Kier alpha value is -2.30. The molecule has 0 N–H and O–H groups in total. The maximum Gasteiger partial charge on any atom is 0.416 e. The van der Waals surface area contributed by atoms with Crippen LogP contribution in [-0.4, -0.2) is 5.97 Å². The SMILES string of the molecule is CCCCCc1ccc(C(=O)Oc2ccc(C(F)(F)F)cc2)cc1. The predicted molar refractivity (Wildman–Crippen MR) is 86.1 cm³/mol. The van der Waals surface area contributed by atoms with Gasteiger partial charge in [-0.25, -0.2) is 4.79 Å². The maximum absolute atomic E-state index is 12.5. The van der Waals surface area contributed by atoms with Crippen LogP contribution in [0.3, 0.4) is 0 Å². The van der Waals surface area contributed by atoms with Crippen LogP contribution < -0.4 is 4.74 Å². The van der Waals surface area contributed by atoms with Crippen LogP contribution in [0.15, 0.2) is 48.5 Å². The van der Waals surface area contributed by atoms with Crippen LogP contribution in [0.5, 0.6) is 5.75 Å². The van der Waals surface area contributed by atoms with Gasteiger partial charge in [-0.2, -0.15) is 13.2 Å². The largest absolute Gasteiger partial charge is 0.423 e. The molecule has 2 aromatic rings. The third-order valence-electron chi connectivity index (χ3n) is 3.65. The quantitative estimate of drug-likeness (QED) is 0.387. The van der Waals surface area contributed by atoms with Gasteiger partial charge in [0, 0.05) is 0 Å². The summed E-state index contributed by atoms with van der Waals surface area (Å²) in [5.74, 6) is -0.505. The van der Waals surface area contributed by atoms with E-state index in [-0.39, 0.29) is 5.75 Å². The summed E-state index contributed by atoms with van der Waals surface area (Å²) in [5.41, 5.74) is 0.738. The Morgan fingerprint density at radius 2 is 1.58 bits per heavy atom. The number of unbranched alkanes of at least 4 members (excludes halogenated alkanes) is 2. The van der Waals surface area contributed by atoms with E-state index in [4.69, 9.17) is 4.74 Å². The minimum atomic E-state index is -4.41. The number of ether oxygens (including phenoxy) is 1. The van der Waals surface area contributed by atoms with Gasteiger partial charge in [0.05, 0.1) is 11.1 Å². The number of esters is 1. The molecule has 0 unspecified atom stereocenters. The van der Waals surface area contributed by atoms with E-state index in [1.165, 1.54) is 0 Å². The smallest absolute Gasteiger partial charge is 0.416 e. The molecule has 0 bridgehead atoms. The minimum absolute atomic E-state index is 0.0834. The molecule has 2 rings (SSSR count). The van der Waals surface area contributed by atoms with Gasteiger partial charge in [0.15, 0.2) is 0 Å². The summed E-state index contributed by atoms with van der Waals surface area (Å²) in [7, 11) is 0. The predicted octanol–water partition coefficient (Wildman–Crippen LogP) is 5.66. The summed E-state index contributed by atoms with van der Waals surface area (Å²) in [5, 5.41) is 0. The molecule has 0 aliphatic carbocycles. The average Bonchev–Trinajstić information content (AvgIpc) is 2.55. The number of halogens is 3. The highest BCUT2D eigenvalue weighted by Gasteiger charge is 2.30. The first-order chi connectivity index (χ1) is 11.4. The first-order valence-corrected chi connectivity index (χ1v) is 7.88. The number of benzene rings is 2. The second-order valence-electron chi connectivity index (χ2n) is 5.57. The molecule has 0 aliphatic rings. The number of alkyl halides is 3. The van der Waals surface area contributed by atoms with Crippen LogP contribution in [0.1, 0.15) is 47.7 Å². The van der Waals surface area contributed by atoms with Crippen molar-refractivity contribution in [3.63, 3.8) is 0 Å². The lowest BCUT2D eigenvalue weighted by atomic mass is 10.1. The molecule has 2 nitrogen and oxygen atoms in total. The Kier molecular flexibility index (Phi) is 6.01. The van der Waals surface area contributed by atoms with Crippen molar-refractivity contribution >= 4 is 5.97 Å². The monoisotopic (exact) mass is 336 g/mol. The normalized spacial score (nSPS) is 11.3. The van der Waals surface area contributed by atoms with E-state index in [1.54, 1.807) is 12.1 Å². The van der Waals surface area contributed by atoms with Crippen LogP contribution in [0.25, 0.3) is 0 Å². The third kappa shape index (κ3) is 5.11. The van der Waals surface area contributed by atoms with Crippen LogP contribution >= 0.6 is 0 Å². The van der Waals surface area contributed by atoms with Crippen molar-refractivity contribution in [1.29, 1.82) is 0 Å². The molecule has 128 valence electrons. The second-order valence-corrected chi connectivity index (χ2v) is 5.57. The topological polar surface area (TPSA) is 26.3 Å². The van der Waals surface area contributed by atoms with Gasteiger partial charge in [0.25, 0.3) is 0 Å². The second kappa shape index (κ2) is 7.99. The molecule has 0 saturated carbocycles. The van der Waals surface area contributed by atoms with E-state index in [0.29, 0.717) is 5.56 Å². The van der Waals surface area contributed by atoms with Crippen molar-refractivity contribution in [3.8, 4) is 5.75 Å². The fourth-order valence-electron chi connectivity index (χ4n) is 2.26. The molecule has 0 aromatic heterocycles. The van der Waals surface area contributed by atoms with Crippen molar-refractivity contribution < 1.29 is 22.7 Å². The van der Waals surface area contributed by atoms with Gasteiger partial charge in [-0.15, -0.1) is 0 Å². The van der Waals surface area contributed by atoms with E-state index in [2.05, 4.69) is 6.92 Å². The number of hydrogen-bond acceptors (Lipinski definition) is 2. The molecule has 0 atom stereocenters. The first kappa shape index (κ1) is 18.0. The van der Waals surface area contributed by atoms with Crippen molar-refractivity contribution in [2.75, 3.05) is 0 Å². The Morgan fingerprint density at radius 3 is 2.12 bits per heavy atom. The Bertz CT molecular complexity index is 659. The standard InChI is InChI=1S/C19H19F3O2/c1-2-3-4-5-14-6-8-15(9-7-14)18(23)24-17-12-10-16(11-13-17)19(20,21)22/h6-13H,2-5H2,1H3. The van der Waals surface area contributed by atoms with E-state index in [1.807, 2.05) is 12.1 Å². The Labute approximate surface area is 139 Å². The van der Waals surface area contributed by atoms with Gasteiger partial charge in [-0.1, -0.05) is 31.9 Å². The highest BCUT2D eigenvalue weighted by molar-refractivity contribution is 5.91. The number of carbonyl (C=O) groups is 1. The van der Waals surface area contributed by atoms with Gasteiger partial charge < -0.3 is 4.74 Å². The fourth-order valence-corrected chi connectivity index (χ4v) is 2.26. The van der Waals surface area contributed by atoms with Crippen molar-refractivity contribution in [2.45, 2.75) is 38.8 Å². The minimum Gasteiger partial charge on any atom is -0.423 e. The zero-order valence-electron chi connectivity index (χ0n) is 13.4. The lowest BCUT2D eigenvalue weighted by molar-refractivity contribution is -0.137. The van der Waals surface area contributed by atoms with Gasteiger partial charge >= 0.3 is 12.1 Å². The fraction of sp³-hybridized carbons (Fsp3) is 0.316. The van der Waals surface area contributed by atoms with Crippen LogP contribution in [0.4, 0.5) is 13.2 Å². The van der Waals surface area contributed by atoms with E-state index >= 15 is 0 Å². The zero-order chi connectivity index (χ0) is 17.6. The summed E-state index contributed by atoms with van der Waals surface area (Å²) < 4.78 is 42.6. The zero-order valence-corrected chi connectivity index (χ0v) is 13.4. The van der Waals surface area contributed by atoms with Crippen molar-refractivity contribution in [2.24, 2.45) is 0 Å². The van der Waals surface area contributed by atoms with Gasteiger partial charge in [-0.05, 0) is 54.8 Å². The molecule has 0 aliphatic heterocycles.